The zero-order valence-electron chi connectivity index (χ0n) is 24.4. The van der Waals surface area contributed by atoms with Crippen molar-refractivity contribution >= 4 is 6.09 Å². The second-order valence-electron chi connectivity index (χ2n) is 12.1. The first kappa shape index (κ1) is 33.1. The lowest BCUT2D eigenvalue weighted by Gasteiger charge is -2.44. The van der Waals surface area contributed by atoms with Gasteiger partial charge in [0, 0.05) is 18.4 Å². The molecule has 2 heterocycles. The second kappa shape index (κ2) is 12.6. The summed E-state index contributed by atoms with van der Waals surface area (Å²) >= 11 is 0. The van der Waals surface area contributed by atoms with Gasteiger partial charge in [0.1, 0.15) is 5.60 Å². The standard InChI is InChI=1S/C31H37F6NO5/c1-18(20-15-21(30(32,33)34)17-22(16-20)31(35,36)37)42-27-25(19-9-6-5-7-10-19)23(12-14-41-27)26(39)24-11-8-13-38(24)28(40)43-29(2,3)4/h5-7,9-10,15-18,23-27,39H,8,11-14H2,1-4H3/t18-,23?,24?,25-,26?,27-/m1/s1. The van der Waals surface area contributed by atoms with Crippen LogP contribution >= 0.6 is 0 Å². The Balaban J connectivity index is 1.64. The summed E-state index contributed by atoms with van der Waals surface area (Å²) in [6.45, 7) is 7.15. The van der Waals surface area contributed by atoms with Gasteiger partial charge in [-0.1, -0.05) is 30.3 Å². The molecule has 238 valence electrons. The first-order chi connectivity index (χ1) is 20.0. The van der Waals surface area contributed by atoms with E-state index in [1.165, 1.54) is 11.8 Å². The van der Waals surface area contributed by atoms with E-state index in [4.69, 9.17) is 14.2 Å². The van der Waals surface area contributed by atoms with Crippen LogP contribution in [0, 0.1) is 5.92 Å². The lowest BCUT2D eigenvalue weighted by atomic mass is 9.76. The highest BCUT2D eigenvalue weighted by molar-refractivity contribution is 5.69. The smallest absolute Gasteiger partial charge is 0.416 e. The predicted octanol–water partition coefficient (Wildman–Crippen LogP) is 7.71. The zero-order valence-corrected chi connectivity index (χ0v) is 24.4. The Bertz CT molecular complexity index is 1210. The van der Waals surface area contributed by atoms with Crippen LogP contribution in [0.4, 0.5) is 31.1 Å². The van der Waals surface area contributed by atoms with Gasteiger partial charge in [-0.05, 0) is 76.3 Å². The van der Waals surface area contributed by atoms with Gasteiger partial charge in [0.15, 0.2) is 6.29 Å². The molecule has 12 heteroatoms. The Hall–Kier alpha value is -2.83. The second-order valence-corrected chi connectivity index (χ2v) is 12.1. The van der Waals surface area contributed by atoms with Crippen molar-refractivity contribution in [3.05, 3.63) is 70.8 Å². The van der Waals surface area contributed by atoms with Crippen molar-refractivity contribution in [2.24, 2.45) is 5.92 Å². The van der Waals surface area contributed by atoms with Crippen molar-refractivity contribution in [3.63, 3.8) is 0 Å². The van der Waals surface area contributed by atoms with Crippen LogP contribution in [0.25, 0.3) is 0 Å². The van der Waals surface area contributed by atoms with E-state index in [2.05, 4.69) is 0 Å². The molecule has 3 unspecified atom stereocenters. The van der Waals surface area contributed by atoms with Crippen LogP contribution in [0.15, 0.2) is 48.5 Å². The molecule has 2 aromatic rings. The summed E-state index contributed by atoms with van der Waals surface area (Å²) in [5.41, 5.74) is -3.20. The number of hydrogen-bond donors (Lipinski definition) is 1. The first-order valence-corrected chi connectivity index (χ1v) is 14.2. The van der Waals surface area contributed by atoms with E-state index < -0.39 is 71.5 Å². The van der Waals surface area contributed by atoms with Crippen molar-refractivity contribution < 1.29 is 50.5 Å². The number of aliphatic hydroxyl groups excluding tert-OH is 1. The van der Waals surface area contributed by atoms with Crippen LogP contribution in [0.3, 0.4) is 0 Å². The Labute approximate surface area is 246 Å². The van der Waals surface area contributed by atoms with Crippen LogP contribution in [0.1, 0.15) is 81.2 Å². The normalized spacial score (nSPS) is 25.0. The number of halogens is 6. The van der Waals surface area contributed by atoms with Crippen LogP contribution in [0.2, 0.25) is 0 Å². The molecule has 0 aliphatic carbocycles. The SMILES string of the molecule is C[C@@H](O[C@H]1OCCC(C(O)C2CCCN2C(=O)OC(C)(C)C)[C@H]1c1ccccc1)c1cc(C(F)(F)F)cc(C(F)(F)F)c1. The van der Waals surface area contributed by atoms with Crippen LogP contribution in [-0.4, -0.2) is 53.3 Å². The topological polar surface area (TPSA) is 68.2 Å². The highest BCUT2D eigenvalue weighted by atomic mass is 19.4. The van der Waals surface area contributed by atoms with Crippen LogP contribution in [0.5, 0.6) is 0 Å². The molecule has 1 amide bonds. The van der Waals surface area contributed by atoms with Gasteiger partial charge in [-0.2, -0.15) is 26.3 Å². The monoisotopic (exact) mass is 617 g/mol. The summed E-state index contributed by atoms with van der Waals surface area (Å²) < 4.78 is 98.6. The van der Waals surface area contributed by atoms with Gasteiger partial charge in [-0.3, -0.25) is 0 Å². The molecule has 0 aromatic heterocycles. The molecule has 2 aliphatic heterocycles. The van der Waals surface area contributed by atoms with E-state index in [0.717, 1.165) is 0 Å². The van der Waals surface area contributed by atoms with Crippen molar-refractivity contribution in [2.75, 3.05) is 13.2 Å². The number of hydrogen-bond acceptors (Lipinski definition) is 5. The molecule has 0 radical (unpaired) electrons. The molecular weight excluding hydrogens is 580 g/mol. The third kappa shape index (κ3) is 8.02. The third-order valence-electron chi connectivity index (χ3n) is 7.85. The third-order valence-corrected chi connectivity index (χ3v) is 7.85. The van der Waals surface area contributed by atoms with Crippen LogP contribution in [-0.2, 0) is 26.6 Å². The summed E-state index contributed by atoms with van der Waals surface area (Å²) in [6, 6.07) is 9.74. The number of likely N-dealkylation sites (tertiary alicyclic amines) is 1. The van der Waals surface area contributed by atoms with Crippen molar-refractivity contribution in [1.29, 1.82) is 0 Å². The molecule has 2 fully saturated rings. The molecule has 4 rings (SSSR count). The molecule has 0 bridgehead atoms. The fraction of sp³-hybridized carbons (Fsp3) is 0.581. The van der Waals surface area contributed by atoms with Crippen molar-refractivity contribution in [2.45, 2.75) is 95.4 Å². The van der Waals surface area contributed by atoms with E-state index in [9.17, 15) is 36.2 Å². The van der Waals surface area contributed by atoms with E-state index >= 15 is 0 Å². The molecule has 0 saturated carbocycles. The zero-order chi connectivity index (χ0) is 31.7. The van der Waals surface area contributed by atoms with Gasteiger partial charge in [0.2, 0.25) is 0 Å². The molecule has 2 aliphatic rings. The maximum Gasteiger partial charge on any atom is 0.416 e. The summed E-state index contributed by atoms with van der Waals surface area (Å²) in [6.07, 6.45) is -12.3. The number of ether oxygens (including phenoxy) is 3. The maximum absolute atomic E-state index is 13.5. The van der Waals surface area contributed by atoms with E-state index in [1.54, 1.807) is 51.1 Å². The van der Waals surface area contributed by atoms with E-state index in [0.29, 0.717) is 43.5 Å². The van der Waals surface area contributed by atoms with Gasteiger partial charge in [-0.15, -0.1) is 0 Å². The van der Waals surface area contributed by atoms with Gasteiger partial charge in [0.25, 0.3) is 0 Å². The van der Waals surface area contributed by atoms with E-state index in [-0.39, 0.29) is 18.2 Å². The highest BCUT2D eigenvalue weighted by Crippen LogP contribution is 2.44. The number of carbonyl (C=O) groups excluding carboxylic acids is 1. The van der Waals surface area contributed by atoms with Gasteiger partial charge in [0.05, 0.1) is 36.0 Å². The van der Waals surface area contributed by atoms with Crippen LogP contribution < -0.4 is 0 Å². The molecule has 6 nitrogen and oxygen atoms in total. The quantitative estimate of drug-likeness (QED) is 0.337. The first-order valence-electron chi connectivity index (χ1n) is 14.2. The Morgan fingerprint density at radius 1 is 0.977 bits per heavy atom. The van der Waals surface area contributed by atoms with Gasteiger partial charge < -0.3 is 24.2 Å². The molecule has 0 spiro atoms. The molecule has 43 heavy (non-hydrogen) atoms. The Kier molecular flexibility index (Phi) is 9.73. The largest absolute Gasteiger partial charge is 0.444 e. The van der Waals surface area contributed by atoms with Crippen molar-refractivity contribution in [3.8, 4) is 0 Å². The molecule has 2 aromatic carbocycles. The minimum absolute atomic E-state index is 0.0739. The Morgan fingerprint density at radius 2 is 1.58 bits per heavy atom. The highest BCUT2D eigenvalue weighted by Gasteiger charge is 2.47. The van der Waals surface area contributed by atoms with Gasteiger partial charge >= 0.3 is 18.4 Å². The average Bonchev–Trinajstić information content (AvgIpc) is 3.41. The lowest BCUT2D eigenvalue weighted by molar-refractivity contribution is -0.219. The summed E-state index contributed by atoms with van der Waals surface area (Å²) in [4.78, 5) is 14.5. The molecule has 6 atom stereocenters. The predicted molar refractivity (Wildman–Crippen MR) is 145 cm³/mol. The minimum Gasteiger partial charge on any atom is -0.444 e. The summed E-state index contributed by atoms with van der Waals surface area (Å²) in [5, 5.41) is 11.7. The summed E-state index contributed by atoms with van der Waals surface area (Å²) in [7, 11) is 0. The number of rotatable bonds is 6. The molecule has 1 N–H and O–H groups in total. The number of benzene rings is 2. The number of aliphatic hydroxyl groups is 1. The van der Waals surface area contributed by atoms with Gasteiger partial charge in [-0.25, -0.2) is 4.79 Å². The fourth-order valence-corrected chi connectivity index (χ4v) is 5.87. The average molecular weight is 618 g/mol. The number of nitrogens with zero attached hydrogens (tertiary/aromatic N) is 1. The fourth-order valence-electron chi connectivity index (χ4n) is 5.87. The Morgan fingerprint density at radius 3 is 2.14 bits per heavy atom. The lowest BCUT2D eigenvalue weighted by Crippen LogP contribution is -2.51. The molecule has 2 saturated heterocycles. The number of amides is 1. The minimum atomic E-state index is -5.00. The molecular formula is C31H37F6NO5. The van der Waals surface area contributed by atoms with E-state index in [1.807, 2.05) is 0 Å². The maximum atomic E-state index is 13.5. The number of carbonyl (C=O) groups is 1. The number of alkyl halides is 6. The summed E-state index contributed by atoms with van der Waals surface area (Å²) in [5.74, 6) is -1.14. The van der Waals surface area contributed by atoms with Crippen molar-refractivity contribution in [1.82, 2.24) is 4.90 Å².